The summed E-state index contributed by atoms with van der Waals surface area (Å²) in [5, 5.41) is 9.06. The molecule has 0 aliphatic carbocycles. The van der Waals surface area contributed by atoms with Gasteiger partial charge in [0.05, 0.1) is 17.3 Å². The van der Waals surface area contributed by atoms with Gasteiger partial charge < -0.3 is 9.84 Å². The van der Waals surface area contributed by atoms with Gasteiger partial charge in [0.1, 0.15) is 24.1 Å². The summed E-state index contributed by atoms with van der Waals surface area (Å²) in [7, 11) is 0. The number of aryl methyl sites for hydroxylation is 2. The second kappa shape index (κ2) is 7.59. The molecule has 0 unspecified atom stereocenters. The SMILES string of the molecule is Cc1cc(C(=O)O)ccc1-n1c(C)nc(OCc2ccc(F)cc2F)cc1=O. The van der Waals surface area contributed by atoms with Gasteiger partial charge in [-0.25, -0.2) is 13.6 Å². The van der Waals surface area contributed by atoms with E-state index in [1.54, 1.807) is 13.8 Å². The van der Waals surface area contributed by atoms with Crippen LogP contribution in [0, 0.1) is 25.5 Å². The summed E-state index contributed by atoms with van der Waals surface area (Å²) >= 11 is 0. The molecule has 0 spiro atoms. The Labute approximate surface area is 158 Å². The van der Waals surface area contributed by atoms with Crippen LogP contribution in [0.15, 0.2) is 47.3 Å². The molecule has 6 nitrogen and oxygen atoms in total. The number of aromatic carboxylic acids is 1. The van der Waals surface area contributed by atoms with E-state index in [-0.39, 0.29) is 23.6 Å². The van der Waals surface area contributed by atoms with Crippen molar-refractivity contribution in [1.82, 2.24) is 9.55 Å². The first-order valence-electron chi connectivity index (χ1n) is 8.28. The Kier molecular flexibility index (Phi) is 5.21. The van der Waals surface area contributed by atoms with E-state index in [0.29, 0.717) is 17.1 Å². The Balaban J connectivity index is 1.89. The maximum Gasteiger partial charge on any atom is 0.335 e. The normalized spacial score (nSPS) is 10.7. The van der Waals surface area contributed by atoms with Crippen molar-refractivity contribution in [2.75, 3.05) is 0 Å². The van der Waals surface area contributed by atoms with Crippen LogP contribution in [-0.2, 0) is 6.61 Å². The van der Waals surface area contributed by atoms with Crippen LogP contribution in [0.25, 0.3) is 5.69 Å². The smallest absolute Gasteiger partial charge is 0.335 e. The highest BCUT2D eigenvalue weighted by molar-refractivity contribution is 5.88. The Morgan fingerprint density at radius 3 is 2.50 bits per heavy atom. The third kappa shape index (κ3) is 3.90. The summed E-state index contributed by atoms with van der Waals surface area (Å²) in [4.78, 5) is 27.8. The number of hydrogen-bond acceptors (Lipinski definition) is 4. The first kappa shape index (κ1) is 19.2. The molecular formula is C20H16F2N2O4. The first-order valence-corrected chi connectivity index (χ1v) is 8.28. The van der Waals surface area contributed by atoms with Crippen molar-refractivity contribution in [1.29, 1.82) is 0 Å². The number of aromatic nitrogens is 2. The Bertz CT molecular complexity index is 1130. The van der Waals surface area contributed by atoms with Gasteiger partial charge >= 0.3 is 5.97 Å². The molecule has 0 bridgehead atoms. The predicted octanol–water partition coefficient (Wildman–Crippen LogP) is 3.40. The molecule has 0 atom stereocenters. The monoisotopic (exact) mass is 386 g/mol. The fourth-order valence-electron chi connectivity index (χ4n) is 2.77. The van der Waals surface area contributed by atoms with Crippen molar-refractivity contribution >= 4 is 5.97 Å². The maximum absolute atomic E-state index is 13.7. The molecule has 28 heavy (non-hydrogen) atoms. The molecule has 1 N–H and O–H groups in total. The molecule has 0 aliphatic heterocycles. The Morgan fingerprint density at radius 1 is 1.14 bits per heavy atom. The van der Waals surface area contributed by atoms with Crippen molar-refractivity contribution in [2.24, 2.45) is 0 Å². The van der Waals surface area contributed by atoms with E-state index in [1.165, 1.54) is 28.8 Å². The molecule has 1 heterocycles. The zero-order chi connectivity index (χ0) is 20.4. The topological polar surface area (TPSA) is 81.4 Å². The average molecular weight is 386 g/mol. The number of carboxylic acids is 1. The van der Waals surface area contributed by atoms with Crippen LogP contribution >= 0.6 is 0 Å². The second-order valence-electron chi connectivity index (χ2n) is 6.15. The molecule has 0 aliphatic rings. The molecule has 8 heteroatoms. The van der Waals surface area contributed by atoms with Crippen LogP contribution in [0.2, 0.25) is 0 Å². The van der Waals surface area contributed by atoms with Crippen LogP contribution in [0.5, 0.6) is 5.88 Å². The third-order valence-electron chi connectivity index (χ3n) is 4.14. The fourth-order valence-corrected chi connectivity index (χ4v) is 2.77. The minimum Gasteiger partial charge on any atom is -0.478 e. The fraction of sp³-hybridized carbons (Fsp3) is 0.150. The number of rotatable bonds is 5. The standard InChI is InChI=1S/C20H16F2N2O4/c1-11-7-13(20(26)27)4-6-17(11)24-12(2)23-18(9-19(24)25)28-10-14-3-5-15(21)8-16(14)22/h3-9H,10H2,1-2H3,(H,26,27). The molecule has 3 aromatic rings. The van der Waals surface area contributed by atoms with Crippen LogP contribution in [0.1, 0.15) is 27.3 Å². The second-order valence-corrected chi connectivity index (χ2v) is 6.15. The summed E-state index contributed by atoms with van der Waals surface area (Å²) in [5.41, 5.74) is 0.893. The number of nitrogens with zero attached hydrogens (tertiary/aromatic N) is 2. The summed E-state index contributed by atoms with van der Waals surface area (Å²) in [6.45, 7) is 3.07. The Morgan fingerprint density at radius 2 is 1.89 bits per heavy atom. The van der Waals surface area contributed by atoms with Crippen molar-refractivity contribution in [3.63, 3.8) is 0 Å². The molecule has 2 aromatic carbocycles. The lowest BCUT2D eigenvalue weighted by atomic mass is 10.1. The third-order valence-corrected chi connectivity index (χ3v) is 4.14. The zero-order valence-electron chi connectivity index (χ0n) is 15.1. The summed E-state index contributed by atoms with van der Waals surface area (Å²) in [6, 6.07) is 8.67. The summed E-state index contributed by atoms with van der Waals surface area (Å²) in [5.74, 6) is -2.19. The predicted molar refractivity (Wildman–Crippen MR) is 97.0 cm³/mol. The molecule has 0 saturated carbocycles. The molecule has 144 valence electrons. The lowest BCUT2D eigenvalue weighted by molar-refractivity contribution is 0.0697. The van der Waals surface area contributed by atoms with E-state index in [0.717, 1.165) is 18.2 Å². The maximum atomic E-state index is 13.7. The Hall–Kier alpha value is -3.55. The number of carbonyl (C=O) groups is 1. The molecule has 3 rings (SSSR count). The number of benzene rings is 2. The van der Waals surface area contributed by atoms with Crippen LogP contribution in [0.3, 0.4) is 0 Å². The van der Waals surface area contributed by atoms with Gasteiger partial charge in [-0.15, -0.1) is 0 Å². The summed E-state index contributed by atoms with van der Waals surface area (Å²) in [6.07, 6.45) is 0. The van der Waals surface area contributed by atoms with Gasteiger partial charge in [0.15, 0.2) is 0 Å². The first-order chi connectivity index (χ1) is 13.3. The lowest BCUT2D eigenvalue weighted by Crippen LogP contribution is -2.22. The van der Waals surface area contributed by atoms with Crippen LogP contribution in [0.4, 0.5) is 8.78 Å². The lowest BCUT2D eigenvalue weighted by Gasteiger charge is -2.14. The van der Waals surface area contributed by atoms with Crippen molar-refractivity contribution < 1.29 is 23.4 Å². The number of ether oxygens (including phenoxy) is 1. The van der Waals surface area contributed by atoms with E-state index in [4.69, 9.17) is 9.84 Å². The van der Waals surface area contributed by atoms with E-state index in [2.05, 4.69) is 4.98 Å². The van der Waals surface area contributed by atoms with E-state index >= 15 is 0 Å². The molecule has 0 saturated heterocycles. The van der Waals surface area contributed by atoms with E-state index in [9.17, 15) is 18.4 Å². The molecule has 0 radical (unpaired) electrons. The summed E-state index contributed by atoms with van der Waals surface area (Å²) < 4.78 is 33.3. The van der Waals surface area contributed by atoms with Gasteiger partial charge in [0, 0.05) is 11.6 Å². The van der Waals surface area contributed by atoms with Gasteiger partial charge in [-0.2, -0.15) is 4.98 Å². The minimum absolute atomic E-state index is 0.00211. The van der Waals surface area contributed by atoms with Gasteiger partial charge in [0.25, 0.3) is 5.56 Å². The van der Waals surface area contributed by atoms with Crippen LogP contribution < -0.4 is 10.3 Å². The molecule has 0 fully saturated rings. The average Bonchev–Trinajstić information content (AvgIpc) is 2.61. The molecule has 0 amide bonds. The van der Waals surface area contributed by atoms with Crippen molar-refractivity contribution in [3.05, 3.63) is 87.0 Å². The highest BCUT2D eigenvalue weighted by atomic mass is 19.1. The highest BCUT2D eigenvalue weighted by Gasteiger charge is 2.13. The largest absolute Gasteiger partial charge is 0.478 e. The van der Waals surface area contributed by atoms with Crippen LogP contribution in [-0.4, -0.2) is 20.6 Å². The highest BCUT2D eigenvalue weighted by Crippen LogP contribution is 2.18. The van der Waals surface area contributed by atoms with Gasteiger partial charge in [-0.1, -0.05) is 0 Å². The quantitative estimate of drug-likeness (QED) is 0.727. The van der Waals surface area contributed by atoms with Gasteiger partial charge in [0.2, 0.25) is 5.88 Å². The van der Waals surface area contributed by atoms with E-state index < -0.39 is 23.2 Å². The van der Waals surface area contributed by atoms with Gasteiger partial charge in [-0.05, 0) is 49.7 Å². The number of hydrogen-bond donors (Lipinski definition) is 1. The minimum atomic E-state index is -1.06. The molecule has 1 aromatic heterocycles. The number of carboxylic acid groups (broad SMARTS) is 1. The number of halogens is 2. The van der Waals surface area contributed by atoms with Gasteiger partial charge in [-0.3, -0.25) is 9.36 Å². The zero-order valence-corrected chi connectivity index (χ0v) is 15.1. The van der Waals surface area contributed by atoms with E-state index in [1.807, 2.05) is 0 Å². The van der Waals surface area contributed by atoms with Crippen molar-refractivity contribution in [2.45, 2.75) is 20.5 Å². The molecular weight excluding hydrogens is 370 g/mol. The van der Waals surface area contributed by atoms with Crippen molar-refractivity contribution in [3.8, 4) is 11.6 Å².